The molecule has 0 aliphatic carbocycles. The highest BCUT2D eigenvalue weighted by molar-refractivity contribution is 14.1. The van der Waals surface area contributed by atoms with Gasteiger partial charge in [0.05, 0.1) is 5.56 Å². The van der Waals surface area contributed by atoms with Crippen LogP contribution in [0.3, 0.4) is 0 Å². The second-order valence-corrected chi connectivity index (χ2v) is 11.2. The molecule has 0 saturated heterocycles. The molecule has 1 heterocycles. The van der Waals surface area contributed by atoms with E-state index in [1.165, 1.54) is 13.3 Å². The van der Waals surface area contributed by atoms with Crippen LogP contribution in [0.5, 0.6) is 0 Å². The number of para-hydroxylation sites is 1. The third kappa shape index (κ3) is 3.58. The quantitative estimate of drug-likeness (QED) is 0.409. The van der Waals surface area contributed by atoms with Crippen molar-refractivity contribution in [1.82, 2.24) is 9.03 Å². The number of benzene rings is 1. The van der Waals surface area contributed by atoms with Crippen molar-refractivity contribution in [1.29, 1.82) is 0 Å². The van der Waals surface area contributed by atoms with Crippen molar-refractivity contribution in [2.45, 2.75) is 9.38 Å². The van der Waals surface area contributed by atoms with Crippen molar-refractivity contribution in [3.8, 4) is 0 Å². The Labute approximate surface area is 144 Å². The van der Waals surface area contributed by atoms with Crippen LogP contribution in [0.2, 0.25) is 0 Å². The third-order valence-corrected chi connectivity index (χ3v) is 6.21. The average molecular weight is 487 g/mol. The van der Waals surface area contributed by atoms with Crippen LogP contribution in [0.15, 0.2) is 34.9 Å². The van der Waals surface area contributed by atoms with Crippen molar-refractivity contribution in [2.24, 2.45) is 0 Å². The van der Waals surface area contributed by atoms with E-state index in [0.717, 1.165) is 4.31 Å². The molecule has 1 aromatic heterocycles. The Kier molecular flexibility index (Phi) is 4.66. The number of nitrogens with one attached hydrogen (secondary N) is 1. The topological polar surface area (TPSA) is 79.6 Å². The van der Waals surface area contributed by atoms with E-state index >= 15 is 0 Å². The Morgan fingerprint density at radius 3 is 2.67 bits per heavy atom. The maximum absolute atomic E-state index is 12.2. The Morgan fingerprint density at radius 1 is 1.43 bits per heavy atom. The number of rotatable bonds is 4. The first-order valence-corrected chi connectivity index (χ1v) is 9.09. The fourth-order valence-electron chi connectivity index (χ4n) is 1.61. The summed E-state index contributed by atoms with van der Waals surface area (Å²) in [5.41, 5.74) is 0.694. The second kappa shape index (κ2) is 5.86. The first-order valence-electron chi connectivity index (χ1n) is 5.78. The van der Waals surface area contributed by atoms with Gasteiger partial charge in [0.2, 0.25) is 0 Å². The number of hydrogen-bond acceptors (Lipinski definition) is 4. The predicted octanol–water partition coefficient (Wildman–Crippen LogP) is 2.84. The highest BCUT2D eigenvalue weighted by Crippen LogP contribution is 2.31. The largest absolute Gasteiger partial charge is 0.463 e. The van der Waals surface area contributed by atoms with E-state index in [1.54, 1.807) is 31.2 Å². The minimum absolute atomic E-state index is 0.173. The molecular weight excluding hydrogens is 475 g/mol. The van der Waals surface area contributed by atoms with Gasteiger partial charge in [0.25, 0.3) is 5.91 Å². The number of carbonyl (C=O) groups excluding carboxylic acids is 1. The number of alkyl halides is 2. The van der Waals surface area contributed by atoms with Gasteiger partial charge in [-0.25, -0.2) is 4.72 Å². The van der Waals surface area contributed by atoms with Crippen molar-refractivity contribution >= 4 is 65.6 Å². The van der Waals surface area contributed by atoms with Crippen molar-refractivity contribution in [3.63, 3.8) is 0 Å². The summed E-state index contributed by atoms with van der Waals surface area (Å²) in [7, 11) is -2.61. The maximum atomic E-state index is 12.2. The molecule has 21 heavy (non-hydrogen) atoms. The van der Waals surface area contributed by atoms with Gasteiger partial charge in [-0.2, -0.15) is 12.7 Å². The van der Waals surface area contributed by atoms with Crippen molar-refractivity contribution in [3.05, 3.63) is 36.1 Å². The van der Waals surface area contributed by atoms with Gasteiger partial charge >= 0.3 is 10.2 Å². The third-order valence-electron chi connectivity index (χ3n) is 2.86. The Bertz CT molecular complexity index is 782. The summed E-state index contributed by atoms with van der Waals surface area (Å²) < 4.78 is 31.7. The number of furan rings is 1. The van der Waals surface area contributed by atoms with Gasteiger partial charge in [0.1, 0.15) is 14.3 Å². The SMILES string of the molecule is CN(C(C)(Br)I)S(=O)(=O)NC(=O)c1coc2ccccc12. The summed E-state index contributed by atoms with van der Waals surface area (Å²) in [4.78, 5) is 12.2. The zero-order valence-electron chi connectivity index (χ0n) is 11.1. The number of amides is 1. The molecule has 114 valence electrons. The lowest BCUT2D eigenvalue weighted by atomic mass is 10.2. The number of hydrogen-bond donors (Lipinski definition) is 1. The molecule has 1 amide bonds. The van der Waals surface area contributed by atoms with E-state index in [0.29, 0.717) is 11.0 Å². The average Bonchev–Trinajstić information content (AvgIpc) is 2.80. The lowest BCUT2D eigenvalue weighted by Crippen LogP contribution is -2.47. The second-order valence-electron chi connectivity index (χ2n) is 4.39. The van der Waals surface area contributed by atoms with Crippen LogP contribution in [0.4, 0.5) is 0 Å². The highest BCUT2D eigenvalue weighted by Gasteiger charge is 2.33. The monoisotopic (exact) mass is 486 g/mol. The highest BCUT2D eigenvalue weighted by atomic mass is 127. The summed E-state index contributed by atoms with van der Waals surface area (Å²) in [6.07, 6.45) is 1.24. The molecular formula is C12H12BrIN2O4S. The summed E-state index contributed by atoms with van der Waals surface area (Å²) >= 11 is 5.12. The molecule has 0 aliphatic rings. The van der Waals surface area contributed by atoms with E-state index < -0.39 is 18.6 Å². The smallest absolute Gasteiger partial charge is 0.305 e. The first kappa shape index (κ1) is 16.7. The van der Waals surface area contributed by atoms with Gasteiger partial charge in [-0.1, -0.05) is 34.1 Å². The number of fused-ring (bicyclic) bond motifs is 1. The summed E-state index contributed by atoms with van der Waals surface area (Å²) in [6, 6.07) is 6.91. The van der Waals surface area contributed by atoms with Crippen LogP contribution in [0.25, 0.3) is 11.0 Å². The number of halogens is 2. The Morgan fingerprint density at radius 2 is 2.05 bits per heavy atom. The van der Waals surface area contributed by atoms with Gasteiger partial charge < -0.3 is 4.42 Å². The zero-order valence-corrected chi connectivity index (χ0v) is 15.7. The lowest BCUT2D eigenvalue weighted by molar-refractivity contribution is 0.0980. The molecule has 9 heteroatoms. The molecule has 1 aromatic carbocycles. The zero-order chi connectivity index (χ0) is 15.8. The minimum atomic E-state index is -3.97. The van der Waals surface area contributed by atoms with E-state index in [9.17, 15) is 13.2 Å². The van der Waals surface area contributed by atoms with Crippen LogP contribution in [0, 0.1) is 0 Å². The molecule has 2 rings (SSSR count). The van der Waals surface area contributed by atoms with Gasteiger partial charge in [-0.05, 0) is 35.6 Å². The Balaban J connectivity index is 2.30. The number of nitrogens with zero attached hydrogens (tertiary/aromatic N) is 1. The molecule has 1 unspecified atom stereocenters. The summed E-state index contributed by atoms with van der Waals surface area (Å²) in [6.45, 7) is 1.64. The molecule has 0 fully saturated rings. The maximum Gasteiger partial charge on any atom is 0.305 e. The first-order chi connectivity index (χ1) is 9.63. The molecule has 0 spiro atoms. The summed E-state index contributed by atoms with van der Waals surface area (Å²) in [5, 5.41) is 0.559. The van der Waals surface area contributed by atoms with Crippen molar-refractivity contribution < 1.29 is 17.6 Å². The molecule has 0 aliphatic heterocycles. The van der Waals surface area contributed by atoms with Gasteiger partial charge in [0, 0.05) is 12.4 Å². The van der Waals surface area contributed by atoms with Crippen LogP contribution < -0.4 is 4.72 Å². The van der Waals surface area contributed by atoms with Gasteiger partial charge in [-0.3, -0.25) is 4.79 Å². The minimum Gasteiger partial charge on any atom is -0.463 e. The molecule has 0 saturated carbocycles. The molecule has 6 nitrogen and oxygen atoms in total. The van der Waals surface area contributed by atoms with E-state index in [2.05, 4.69) is 15.9 Å². The van der Waals surface area contributed by atoms with Crippen LogP contribution in [0.1, 0.15) is 17.3 Å². The molecule has 0 radical (unpaired) electrons. The van der Waals surface area contributed by atoms with Gasteiger partial charge in [0.15, 0.2) is 0 Å². The fraction of sp³-hybridized carbons (Fsp3) is 0.250. The normalized spacial score (nSPS) is 15.1. The fourth-order valence-corrected chi connectivity index (χ4v) is 3.86. The van der Waals surface area contributed by atoms with E-state index in [1.807, 2.05) is 27.3 Å². The van der Waals surface area contributed by atoms with Crippen LogP contribution >= 0.6 is 38.5 Å². The standard InChI is InChI=1S/C12H12BrIN2O4S/c1-12(13,14)16(2)21(18,19)15-11(17)9-7-20-10-6-4-3-5-8(9)10/h3-7H,1-2H3,(H,15,17). The summed E-state index contributed by atoms with van der Waals surface area (Å²) in [5.74, 6) is -0.736. The molecule has 1 atom stereocenters. The molecule has 1 N–H and O–H groups in total. The van der Waals surface area contributed by atoms with Gasteiger partial charge in [-0.15, -0.1) is 0 Å². The number of carbonyl (C=O) groups is 1. The van der Waals surface area contributed by atoms with Crippen molar-refractivity contribution in [2.75, 3.05) is 7.05 Å². The Hall–Kier alpha value is -0.650. The van der Waals surface area contributed by atoms with E-state index in [-0.39, 0.29) is 5.56 Å². The predicted molar refractivity (Wildman–Crippen MR) is 91.7 cm³/mol. The molecule has 0 bridgehead atoms. The lowest BCUT2D eigenvalue weighted by Gasteiger charge is -2.26. The van der Waals surface area contributed by atoms with Crippen LogP contribution in [-0.4, -0.2) is 28.1 Å². The van der Waals surface area contributed by atoms with E-state index in [4.69, 9.17) is 4.42 Å². The van der Waals surface area contributed by atoms with Crippen LogP contribution in [-0.2, 0) is 10.2 Å². The molecule has 2 aromatic rings.